The summed E-state index contributed by atoms with van der Waals surface area (Å²) in [4.78, 5) is 13.1. The monoisotopic (exact) mass is 382 g/mol. The third-order valence-corrected chi connectivity index (χ3v) is 6.20. The van der Waals surface area contributed by atoms with Gasteiger partial charge in [-0.05, 0) is 49.1 Å². The molecule has 0 bridgehead atoms. The van der Waals surface area contributed by atoms with Gasteiger partial charge >= 0.3 is 0 Å². The Labute approximate surface area is 152 Å². The first-order chi connectivity index (χ1) is 11.9. The molecular formula is C17H22N2O4S2. The van der Waals surface area contributed by atoms with Crippen LogP contribution in [0.3, 0.4) is 0 Å². The fraction of sp³-hybridized carbons (Fsp3) is 0.353. The van der Waals surface area contributed by atoms with Crippen LogP contribution in [0, 0.1) is 0 Å². The molecule has 0 spiro atoms. The van der Waals surface area contributed by atoms with Gasteiger partial charge in [-0.2, -0.15) is 4.31 Å². The molecule has 2 aromatic rings. The minimum Gasteiger partial charge on any atom is -0.469 e. The molecule has 0 aliphatic rings. The molecule has 0 aliphatic carbocycles. The lowest BCUT2D eigenvalue weighted by Gasteiger charge is -2.17. The van der Waals surface area contributed by atoms with Gasteiger partial charge < -0.3 is 9.73 Å². The number of nitrogens with one attached hydrogen (secondary N) is 1. The Morgan fingerprint density at radius 3 is 2.56 bits per heavy atom. The van der Waals surface area contributed by atoms with E-state index in [4.69, 9.17) is 4.42 Å². The standard InChI is InChI=1S/C17H22N2O4S2/c1-19(25(21,22)16-9-7-15(24-2)8-10-16)13-17(20)18-11-3-5-14-6-4-12-23-14/h4,6-10,12H,3,5,11,13H2,1-2H3,(H,18,20). The van der Waals surface area contributed by atoms with Crippen LogP contribution in [-0.2, 0) is 21.2 Å². The molecular weight excluding hydrogens is 360 g/mol. The number of sulfonamides is 1. The van der Waals surface area contributed by atoms with Gasteiger partial charge in [0.1, 0.15) is 5.76 Å². The highest BCUT2D eigenvalue weighted by molar-refractivity contribution is 7.98. The van der Waals surface area contributed by atoms with Gasteiger partial charge in [0, 0.05) is 24.9 Å². The van der Waals surface area contributed by atoms with E-state index in [0.29, 0.717) is 6.54 Å². The largest absolute Gasteiger partial charge is 0.469 e. The lowest BCUT2D eigenvalue weighted by molar-refractivity contribution is -0.121. The van der Waals surface area contributed by atoms with E-state index in [2.05, 4.69) is 5.32 Å². The first-order valence-electron chi connectivity index (χ1n) is 7.83. The van der Waals surface area contributed by atoms with Crippen LogP contribution in [0.25, 0.3) is 0 Å². The Morgan fingerprint density at radius 1 is 1.24 bits per heavy atom. The van der Waals surface area contributed by atoms with E-state index < -0.39 is 10.0 Å². The van der Waals surface area contributed by atoms with Crippen LogP contribution in [0.4, 0.5) is 0 Å². The zero-order valence-corrected chi connectivity index (χ0v) is 15.9. The van der Waals surface area contributed by atoms with Gasteiger partial charge in [0.25, 0.3) is 0 Å². The third kappa shape index (κ3) is 5.62. The van der Waals surface area contributed by atoms with Crippen molar-refractivity contribution in [3.63, 3.8) is 0 Å². The predicted molar refractivity (Wildman–Crippen MR) is 98.1 cm³/mol. The van der Waals surface area contributed by atoms with Crippen LogP contribution in [0.15, 0.2) is 56.9 Å². The van der Waals surface area contributed by atoms with Crippen LogP contribution in [0.5, 0.6) is 0 Å². The maximum absolute atomic E-state index is 12.5. The molecule has 0 aliphatic heterocycles. The van der Waals surface area contributed by atoms with Gasteiger partial charge in [0.2, 0.25) is 15.9 Å². The van der Waals surface area contributed by atoms with Gasteiger partial charge in [-0.15, -0.1) is 11.8 Å². The number of aryl methyl sites for hydroxylation is 1. The van der Waals surface area contributed by atoms with E-state index >= 15 is 0 Å². The Balaban J connectivity index is 1.82. The van der Waals surface area contributed by atoms with Gasteiger partial charge in [-0.25, -0.2) is 8.42 Å². The topological polar surface area (TPSA) is 79.6 Å². The molecule has 8 heteroatoms. The molecule has 0 atom stereocenters. The number of carbonyl (C=O) groups excluding carboxylic acids is 1. The average molecular weight is 383 g/mol. The van der Waals surface area contributed by atoms with Crippen LogP contribution >= 0.6 is 11.8 Å². The highest BCUT2D eigenvalue weighted by atomic mass is 32.2. The molecule has 1 N–H and O–H groups in total. The molecule has 2 rings (SSSR count). The maximum Gasteiger partial charge on any atom is 0.243 e. The predicted octanol–water partition coefficient (Wildman–Crippen LogP) is 2.37. The Bertz CT molecular complexity index is 771. The Hall–Kier alpha value is -1.77. The number of amides is 1. The van der Waals surface area contributed by atoms with Crippen molar-refractivity contribution in [3.05, 3.63) is 48.4 Å². The molecule has 6 nitrogen and oxygen atoms in total. The molecule has 136 valence electrons. The average Bonchev–Trinajstić information content (AvgIpc) is 3.12. The number of thioether (sulfide) groups is 1. The first kappa shape index (κ1) is 19.6. The second-order valence-electron chi connectivity index (χ2n) is 5.47. The number of carbonyl (C=O) groups is 1. The second-order valence-corrected chi connectivity index (χ2v) is 8.39. The summed E-state index contributed by atoms with van der Waals surface area (Å²) in [5.74, 6) is 0.536. The summed E-state index contributed by atoms with van der Waals surface area (Å²) in [6, 6.07) is 10.3. The normalized spacial score (nSPS) is 11.6. The number of hydrogen-bond acceptors (Lipinski definition) is 5. The molecule has 1 aromatic carbocycles. The molecule has 0 saturated carbocycles. The van der Waals surface area contributed by atoms with Crippen LogP contribution in [0.1, 0.15) is 12.2 Å². The fourth-order valence-corrected chi connectivity index (χ4v) is 3.75. The number of nitrogens with zero attached hydrogens (tertiary/aromatic N) is 1. The van der Waals surface area contributed by atoms with E-state index in [1.165, 1.54) is 18.8 Å². The van der Waals surface area contributed by atoms with Gasteiger partial charge in [0.05, 0.1) is 17.7 Å². The zero-order valence-electron chi connectivity index (χ0n) is 14.3. The minimum atomic E-state index is -3.68. The number of rotatable bonds is 9. The minimum absolute atomic E-state index is 0.179. The van der Waals surface area contributed by atoms with E-state index in [-0.39, 0.29) is 17.3 Å². The van der Waals surface area contributed by atoms with Crippen molar-refractivity contribution in [1.29, 1.82) is 0 Å². The number of likely N-dealkylation sites (N-methyl/N-ethyl adjacent to an activating group) is 1. The summed E-state index contributed by atoms with van der Waals surface area (Å²) in [5.41, 5.74) is 0. The fourth-order valence-electron chi connectivity index (χ4n) is 2.22. The van der Waals surface area contributed by atoms with Crippen LogP contribution in [-0.4, -0.2) is 45.0 Å². The van der Waals surface area contributed by atoms with Crippen molar-refractivity contribution in [2.75, 3.05) is 26.4 Å². The van der Waals surface area contributed by atoms with Crippen LogP contribution in [0.2, 0.25) is 0 Å². The smallest absolute Gasteiger partial charge is 0.243 e. The van der Waals surface area contributed by atoms with Crippen molar-refractivity contribution in [1.82, 2.24) is 9.62 Å². The van der Waals surface area contributed by atoms with E-state index in [1.54, 1.807) is 30.5 Å². The van der Waals surface area contributed by atoms with Gasteiger partial charge in [-0.3, -0.25) is 4.79 Å². The quantitative estimate of drug-likeness (QED) is 0.532. The highest BCUT2D eigenvalue weighted by Gasteiger charge is 2.22. The van der Waals surface area contributed by atoms with E-state index in [1.807, 2.05) is 18.4 Å². The van der Waals surface area contributed by atoms with Crippen molar-refractivity contribution >= 4 is 27.7 Å². The molecule has 0 radical (unpaired) electrons. The van der Waals surface area contributed by atoms with Crippen molar-refractivity contribution in [3.8, 4) is 0 Å². The maximum atomic E-state index is 12.5. The Morgan fingerprint density at radius 2 is 1.96 bits per heavy atom. The summed E-state index contributed by atoms with van der Waals surface area (Å²) in [5, 5.41) is 2.73. The first-order valence-corrected chi connectivity index (χ1v) is 10.5. The SMILES string of the molecule is CSc1ccc(S(=O)(=O)N(C)CC(=O)NCCCc2ccco2)cc1. The molecule has 0 unspecified atom stereocenters. The zero-order chi connectivity index (χ0) is 18.3. The molecule has 25 heavy (non-hydrogen) atoms. The molecule has 0 fully saturated rings. The molecule has 1 amide bonds. The van der Waals surface area contributed by atoms with Crippen LogP contribution < -0.4 is 5.32 Å². The van der Waals surface area contributed by atoms with Crippen molar-refractivity contribution < 1.29 is 17.6 Å². The molecule has 1 aromatic heterocycles. The summed E-state index contributed by atoms with van der Waals surface area (Å²) >= 11 is 1.54. The summed E-state index contributed by atoms with van der Waals surface area (Å²) in [6.07, 6.45) is 4.99. The third-order valence-electron chi connectivity index (χ3n) is 3.64. The van der Waals surface area contributed by atoms with Crippen molar-refractivity contribution in [2.24, 2.45) is 0 Å². The second kappa shape index (κ2) is 9.07. The lowest BCUT2D eigenvalue weighted by atomic mass is 10.2. The summed E-state index contributed by atoms with van der Waals surface area (Å²) < 4.78 is 31.2. The Kier molecular flexibility index (Phi) is 7.10. The molecule has 0 saturated heterocycles. The summed E-state index contributed by atoms with van der Waals surface area (Å²) in [6.45, 7) is 0.253. The van der Waals surface area contributed by atoms with Crippen molar-refractivity contribution in [2.45, 2.75) is 22.6 Å². The van der Waals surface area contributed by atoms with E-state index in [0.717, 1.165) is 27.8 Å². The lowest BCUT2D eigenvalue weighted by Crippen LogP contribution is -2.38. The van der Waals surface area contributed by atoms with Gasteiger partial charge in [0.15, 0.2) is 0 Å². The highest BCUT2D eigenvalue weighted by Crippen LogP contribution is 2.19. The number of hydrogen-bond donors (Lipinski definition) is 1. The molecule has 1 heterocycles. The number of benzene rings is 1. The van der Waals surface area contributed by atoms with E-state index in [9.17, 15) is 13.2 Å². The van der Waals surface area contributed by atoms with Gasteiger partial charge in [-0.1, -0.05) is 0 Å². The summed E-state index contributed by atoms with van der Waals surface area (Å²) in [7, 11) is -2.27. The number of furan rings is 1.